The Morgan fingerprint density at radius 3 is 2.42 bits per heavy atom. The lowest BCUT2D eigenvalue weighted by Gasteiger charge is -2.18. The first kappa shape index (κ1) is 24.3. The van der Waals surface area contributed by atoms with Crippen LogP contribution in [0.25, 0.3) is 10.2 Å². The van der Waals surface area contributed by atoms with Crippen LogP contribution in [0, 0.1) is 0 Å². The van der Waals surface area contributed by atoms with Crippen LogP contribution in [0.4, 0.5) is 5.69 Å². The highest BCUT2D eigenvalue weighted by Gasteiger charge is 2.26. The first-order chi connectivity index (χ1) is 16.0. The van der Waals surface area contributed by atoms with E-state index in [-0.39, 0.29) is 10.8 Å². The summed E-state index contributed by atoms with van der Waals surface area (Å²) in [6.45, 7) is 9.58. The van der Waals surface area contributed by atoms with Gasteiger partial charge in [-0.15, -0.1) is 24.5 Å². The lowest BCUT2D eigenvalue weighted by atomic mass is 10.1. The number of nitrogens with zero attached hydrogens (tertiary/aromatic N) is 2. The number of esters is 1. The quantitative estimate of drug-likeness (QED) is 0.330. The number of rotatable bonds is 11. The number of aromatic nitrogens is 1. The largest absolute Gasteiger partial charge is 0.465 e. The second kappa shape index (κ2) is 11.5. The molecule has 1 atom stereocenters. The molecule has 2 heterocycles. The molecule has 8 heteroatoms. The first-order valence-corrected chi connectivity index (χ1v) is 11.2. The molecule has 1 N–H and O–H groups in total. The average molecular weight is 466 g/mol. The zero-order valence-electron chi connectivity index (χ0n) is 18.7. The Morgan fingerprint density at radius 1 is 1.12 bits per heavy atom. The predicted octanol–water partition coefficient (Wildman–Crippen LogP) is 4.58. The third kappa shape index (κ3) is 5.73. The van der Waals surface area contributed by atoms with Gasteiger partial charge in [-0.3, -0.25) is 9.69 Å². The number of nitrogens with one attached hydrogen (secondary N) is 1. The smallest absolute Gasteiger partial charge is 0.350 e. The van der Waals surface area contributed by atoms with Crippen molar-refractivity contribution < 1.29 is 19.1 Å². The van der Waals surface area contributed by atoms with Crippen LogP contribution in [0.1, 0.15) is 27.0 Å². The van der Waals surface area contributed by atoms with Crippen LogP contribution in [0.3, 0.4) is 0 Å². The monoisotopic (exact) mass is 465 g/mol. The van der Waals surface area contributed by atoms with Gasteiger partial charge in [0.1, 0.15) is 9.71 Å². The fraction of sp³-hybridized carbons (Fsp3) is 0.240. The fourth-order valence-corrected chi connectivity index (χ4v) is 4.54. The van der Waals surface area contributed by atoms with Gasteiger partial charge in [-0.25, -0.2) is 9.78 Å². The minimum absolute atomic E-state index is 0.280. The van der Waals surface area contributed by atoms with Gasteiger partial charge in [0.2, 0.25) is 0 Å². The molecule has 0 saturated heterocycles. The van der Waals surface area contributed by atoms with E-state index in [0.29, 0.717) is 41.1 Å². The third-order valence-electron chi connectivity index (χ3n) is 4.97. The van der Waals surface area contributed by atoms with Gasteiger partial charge in [0, 0.05) is 32.1 Å². The Morgan fingerprint density at radius 2 is 1.82 bits per heavy atom. The van der Waals surface area contributed by atoms with Gasteiger partial charge in [-0.05, 0) is 17.7 Å². The van der Waals surface area contributed by atoms with E-state index in [2.05, 4.69) is 23.4 Å². The number of carbonyl (C=O) groups is 2. The molecule has 2 aromatic heterocycles. The second-order valence-corrected chi connectivity index (χ2v) is 8.24. The summed E-state index contributed by atoms with van der Waals surface area (Å²) in [6, 6.07) is 12.9. The highest BCUT2D eigenvalue weighted by molar-refractivity contribution is 7.21. The van der Waals surface area contributed by atoms with E-state index in [1.54, 1.807) is 0 Å². The van der Waals surface area contributed by atoms with E-state index >= 15 is 0 Å². The number of methoxy groups -OCH3 is 2. The molecule has 0 saturated carbocycles. The fourth-order valence-electron chi connectivity index (χ4n) is 3.47. The van der Waals surface area contributed by atoms with Gasteiger partial charge >= 0.3 is 5.97 Å². The Kier molecular flexibility index (Phi) is 8.48. The highest BCUT2D eigenvalue weighted by Crippen LogP contribution is 2.36. The Hall–Kier alpha value is -3.33. The molecule has 172 valence electrons. The van der Waals surface area contributed by atoms with Gasteiger partial charge in [0.15, 0.2) is 6.10 Å². The van der Waals surface area contributed by atoms with Crippen molar-refractivity contribution in [3.63, 3.8) is 0 Å². The van der Waals surface area contributed by atoms with E-state index in [1.807, 2.05) is 54.6 Å². The van der Waals surface area contributed by atoms with Gasteiger partial charge in [0.05, 0.1) is 18.5 Å². The lowest BCUT2D eigenvalue weighted by molar-refractivity contribution is -0.126. The van der Waals surface area contributed by atoms with Crippen molar-refractivity contribution in [1.82, 2.24) is 9.88 Å². The maximum absolute atomic E-state index is 13.1. The zero-order valence-corrected chi connectivity index (χ0v) is 19.6. The van der Waals surface area contributed by atoms with E-state index in [1.165, 1.54) is 25.6 Å². The summed E-state index contributed by atoms with van der Waals surface area (Å²) < 4.78 is 10.4. The SMILES string of the molecule is C=CCN(CC=C)Cc1ccc2c(NC(=O)C(OC)c3ccccc3)c(C(=O)OC)sc2n1. The van der Waals surface area contributed by atoms with Gasteiger partial charge in [-0.1, -0.05) is 42.5 Å². The summed E-state index contributed by atoms with van der Waals surface area (Å²) in [5, 5.41) is 3.53. The maximum atomic E-state index is 13.1. The predicted molar refractivity (Wildman–Crippen MR) is 131 cm³/mol. The summed E-state index contributed by atoms with van der Waals surface area (Å²) >= 11 is 1.18. The minimum atomic E-state index is -0.828. The van der Waals surface area contributed by atoms with Crippen molar-refractivity contribution in [2.24, 2.45) is 0 Å². The van der Waals surface area contributed by atoms with Crippen molar-refractivity contribution in [2.75, 3.05) is 32.6 Å². The third-order valence-corrected chi connectivity index (χ3v) is 6.05. The minimum Gasteiger partial charge on any atom is -0.465 e. The summed E-state index contributed by atoms with van der Waals surface area (Å²) in [4.78, 5) is 33.3. The van der Waals surface area contributed by atoms with Crippen LogP contribution in [0.15, 0.2) is 67.8 Å². The number of hydrogen-bond acceptors (Lipinski definition) is 7. The first-order valence-electron chi connectivity index (χ1n) is 10.4. The van der Waals surface area contributed by atoms with E-state index in [9.17, 15) is 9.59 Å². The van der Waals surface area contributed by atoms with Gasteiger partial charge in [0.25, 0.3) is 5.91 Å². The van der Waals surface area contributed by atoms with E-state index < -0.39 is 12.1 Å². The van der Waals surface area contributed by atoms with E-state index in [0.717, 1.165) is 5.69 Å². The van der Waals surface area contributed by atoms with Crippen molar-refractivity contribution in [3.8, 4) is 0 Å². The molecule has 0 aliphatic heterocycles. The molecule has 33 heavy (non-hydrogen) atoms. The average Bonchev–Trinajstić information content (AvgIpc) is 3.17. The number of amides is 1. The van der Waals surface area contributed by atoms with Crippen LogP contribution < -0.4 is 5.32 Å². The molecule has 0 bridgehead atoms. The van der Waals surface area contributed by atoms with Crippen LogP contribution in [0.5, 0.6) is 0 Å². The standard InChI is InChI=1S/C25H27N3O4S/c1-5-14-28(15-6-2)16-18-12-13-19-20(22(25(30)32-4)33-24(19)26-18)27-23(29)21(31-3)17-10-8-7-9-11-17/h5-13,21H,1-2,14-16H2,3-4H3,(H,27,29). The number of fused-ring (bicyclic) bond motifs is 1. The molecule has 0 radical (unpaired) electrons. The highest BCUT2D eigenvalue weighted by atomic mass is 32.1. The number of carbonyl (C=O) groups excluding carboxylic acids is 2. The maximum Gasteiger partial charge on any atom is 0.350 e. The number of ether oxygens (including phenoxy) is 2. The summed E-state index contributed by atoms with van der Waals surface area (Å²) in [5.74, 6) is -0.927. The number of pyridine rings is 1. The van der Waals surface area contributed by atoms with Crippen LogP contribution in [-0.2, 0) is 20.8 Å². The Balaban J connectivity index is 1.96. The molecule has 1 unspecified atom stereocenters. The lowest BCUT2D eigenvalue weighted by Crippen LogP contribution is -2.24. The summed E-state index contributed by atoms with van der Waals surface area (Å²) in [6.07, 6.45) is 2.83. The number of thiophene rings is 1. The molecule has 3 aromatic rings. The normalized spacial score (nSPS) is 11.8. The number of hydrogen-bond donors (Lipinski definition) is 1. The van der Waals surface area contributed by atoms with Gasteiger partial charge in [-0.2, -0.15) is 0 Å². The molecule has 0 fully saturated rings. The van der Waals surface area contributed by atoms with Crippen molar-refractivity contribution >= 4 is 39.1 Å². The number of anilines is 1. The Bertz CT molecular complexity index is 1130. The molecule has 0 spiro atoms. The van der Waals surface area contributed by atoms with E-state index in [4.69, 9.17) is 14.5 Å². The molecule has 1 aromatic carbocycles. The zero-order chi connectivity index (χ0) is 23.8. The topological polar surface area (TPSA) is 80.8 Å². The molecule has 0 aliphatic rings. The molecule has 1 amide bonds. The Labute approximate surface area is 197 Å². The molecular formula is C25H27N3O4S. The van der Waals surface area contributed by atoms with Crippen molar-refractivity contribution in [1.29, 1.82) is 0 Å². The van der Waals surface area contributed by atoms with Crippen LogP contribution >= 0.6 is 11.3 Å². The van der Waals surface area contributed by atoms with Crippen LogP contribution in [0.2, 0.25) is 0 Å². The second-order valence-electron chi connectivity index (χ2n) is 7.24. The summed E-state index contributed by atoms with van der Waals surface area (Å²) in [5.41, 5.74) is 1.92. The molecule has 7 nitrogen and oxygen atoms in total. The van der Waals surface area contributed by atoms with Crippen molar-refractivity contribution in [2.45, 2.75) is 12.6 Å². The number of benzene rings is 1. The molecule has 3 rings (SSSR count). The molecule has 0 aliphatic carbocycles. The van der Waals surface area contributed by atoms with Crippen molar-refractivity contribution in [3.05, 3.63) is 83.9 Å². The van der Waals surface area contributed by atoms with Gasteiger partial charge < -0.3 is 14.8 Å². The summed E-state index contributed by atoms with van der Waals surface area (Å²) in [7, 11) is 2.78. The van der Waals surface area contributed by atoms with Crippen LogP contribution in [-0.4, -0.2) is 49.1 Å². The molecular weight excluding hydrogens is 438 g/mol.